The van der Waals surface area contributed by atoms with Crippen LogP contribution in [0, 0.1) is 5.92 Å². The molecule has 1 amide bonds. The van der Waals surface area contributed by atoms with Crippen LogP contribution < -0.4 is 11.1 Å². The summed E-state index contributed by atoms with van der Waals surface area (Å²) in [6.07, 6.45) is 1.76. The molecule has 2 atom stereocenters. The van der Waals surface area contributed by atoms with Crippen LogP contribution in [0.25, 0.3) is 0 Å². The summed E-state index contributed by atoms with van der Waals surface area (Å²) in [6.45, 7) is 4.16. The van der Waals surface area contributed by atoms with Crippen molar-refractivity contribution in [3.05, 3.63) is 35.9 Å². The molecule has 0 bridgehead atoms. The number of hydrogen-bond donors (Lipinski definition) is 2. The van der Waals surface area contributed by atoms with E-state index in [2.05, 4.69) is 24.4 Å². The fourth-order valence-electron chi connectivity index (χ4n) is 2.56. The summed E-state index contributed by atoms with van der Waals surface area (Å²) >= 11 is 0. The Morgan fingerprint density at radius 3 is 2.65 bits per heavy atom. The maximum absolute atomic E-state index is 12.1. The highest BCUT2D eigenvalue weighted by Gasteiger charge is 2.26. The molecule has 2 unspecified atom stereocenters. The molecule has 20 heavy (non-hydrogen) atoms. The van der Waals surface area contributed by atoms with Crippen molar-refractivity contribution in [2.45, 2.75) is 31.7 Å². The summed E-state index contributed by atoms with van der Waals surface area (Å²) in [5.74, 6) is 0.498. The third-order valence-electron chi connectivity index (χ3n) is 4.03. The number of hydrogen-bond acceptors (Lipinski definition) is 3. The number of nitrogens with two attached hydrogens (primary N) is 1. The minimum absolute atomic E-state index is 0.0420. The first-order chi connectivity index (χ1) is 9.68. The molecule has 110 valence electrons. The molecule has 0 spiro atoms. The van der Waals surface area contributed by atoms with E-state index in [0.29, 0.717) is 25.7 Å². The molecular weight excluding hydrogens is 252 g/mol. The summed E-state index contributed by atoms with van der Waals surface area (Å²) in [7, 11) is 0. The van der Waals surface area contributed by atoms with Gasteiger partial charge in [-0.1, -0.05) is 37.3 Å². The van der Waals surface area contributed by atoms with E-state index < -0.39 is 6.04 Å². The minimum Gasteiger partial charge on any atom is -0.381 e. The van der Waals surface area contributed by atoms with Gasteiger partial charge in [-0.2, -0.15) is 0 Å². The van der Waals surface area contributed by atoms with Crippen molar-refractivity contribution in [2.75, 3.05) is 19.8 Å². The second kappa shape index (κ2) is 7.41. The third-order valence-corrected chi connectivity index (χ3v) is 4.03. The summed E-state index contributed by atoms with van der Waals surface area (Å²) in [4.78, 5) is 12.1. The largest absolute Gasteiger partial charge is 0.381 e. The van der Waals surface area contributed by atoms with E-state index in [1.807, 2.05) is 18.2 Å². The van der Waals surface area contributed by atoms with Gasteiger partial charge in [0.2, 0.25) is 5.91 Å². The lowest BCUT2D eigenvalue weighted by atomic mass is 9.91. The first-order valence-electron chi connectivity index (χ1n) is 7.34. The highest BCUT2D eigenvalue weighted by atomic mass is 16.5. The Kier molecular flexibility index (Phi) is 5.56. The van der Waals surface area contributed by atoms with E-state index >= 15 is 0 Å². The lowest BCUT2D eigenvalue weighted by Gasteiger charge is -2.27. The molecule has 1 saturated heterocycles. The zero-order valence-corrected chi connectivity index (χ0v) is 12.0. The van der Waals surface area contributed by atoms with Gasteiger partial charge in [0.1, 0.15) is 0 Å². The zero-order valence-electron chi connectivity index (χ0n) is 12.0. The van der Waals surface area contributed by atoms with E-state index in [1.54, 1.807) is 0 Å². The van der Waals surface area contributed by atoms with Crippen LogP contribution in [-0.2, 0) is 9.53 Å². The third kappa shape index (κ3) is 4.05. The van der Waals surface area contributed by atoms with E-state index in [-0.39, 0.29) is 11.8 Å². The van der Waals surface area contributed by atoms with Crippen molar-refractivity contribution < 1.29 is 9.53 Å². The lowest BCUT2D eigenvalue weighted by Crippen LogP contribution is -2.47. The topological polar surface area (TPSA) is 64.4 Å². The molecule has 1 aliphatic rings. The molecule has 1 aliphatic heterocycles. The van der Waals surface area contributed by atoms with Gasteiger partial charge in [0.25, 0.3) is 0 Å². The Morgan fingerprint density at radius 1 is 1.35 bits per heavy atom. The number of ether oxygens (including phenoxy) is 1. The Balaban J connectivity index is 1.79. The number of rotatable bonds is 5. The normalized spacial score (nSPS) is 19.3. The van der Waals surface area contributed by atoms with Gasteiger partial charge in [-0.15, -0.1) is 0 Å². The van der Waals surface area contributed by atoms with Crippen LogP contribution in [0.1, 0.15) is 31.2 Å². The van der Waals surface area contributed by atoms with Crippen LogP contribution in [0.15, 0.2) is 30.3 Å². The SMILES string of the molecule is CC(CNC(=O)C(N)C1CCOCC1)c1ccccc1. The number of carbonyl (C=O) groups excluding carboxylic acids is 1. The molecule has 0 aromatic heterocycles. The zero-order chi connectivity index (χ0) is 14.4. The molecule has 0 saturated carbocycles. The summed E-state index contributed by atoms with van der Waals surface area (Å²) in [5, 5.41) is 2.97. The molecule has 1 heterocycles. The van der Waals surface area contributed by atoms with Gasteiger partial charge in [0.15, 0.2) is 0 Å². The highest BCUT2D eigenvalue weighted by molar-refractivity contribution is 5.81. The maximum Gasteiger partial charge on any atom is 0.237 e. The van der Waals surface area contributed by atoms with Crippen LogP contribution in [0.3, 0.4) is 0 Å². The monoisotopic (exact) mass is 276 g/mol. The van der Waals surface area contributed by atoms with E-state index in [9.17, 15) is 4.79 Å². The molecule has 1 aromatic rings. The van der Waals surface area contributed by atoms with E-state index in [0.717, 1.165) is 12.8 Å². The van der Waals surface area contributed by atoms with Gasteiger partial charge in [0.05, 0.1) is 6.04 Å². The van der Waals surface area contributed by atoms with Gasteiger partial charge in [-0.25, -0.2) is 0 Å². The predicted octanol–water partition coefficient (Wildman–Crippen LogP) is 1.66. The fourth-order valence-corrected chi connectivity index (χ4v) is 2.56. The van der Waals surface area contributed by atoms with Crippen molar-refractivity contribution >= 4 is 5.91 Å². The predicted molar refractivity (Wildman–Crippen MR) is 79.4 cm³/mol. The Labute approximate surface area is 120 Å². The van der Waals surface area contributed by atoms with E-state index in [1.165, 1.54) is 5.56 Å². The Hall–Kier alpha value is -1.39. The number of amides is 1. The average molecular weight is 276 g/mol. The molecular formula is C16H24N2O2. The lowest BCUT2D eigenvalue weighted by molar-refractivity contribution is -0.124. The van der Waals surface area contributed by atoms with Crippen molar-refractivity contribution in [3.63, 3.8) is 0 Å². The minimum atomic E-state index is -0.415. The van der Waals surface area contributed by atoms with Crippen molar-refractivity contribution in [2.24, 2.45) is 11.7 Å². The summed E-state index contributed by atoms with van der Waals surface area (Å²) in [6, 6.07) is 9.77. The number of carbonyl (C=O) groups is 1. The van der Waals surface area contributed by atoms with Crippen molar-refractivity contribution in [1.29, 1.82) is 0 Å². The molecule has 0 radical (unpaired) electrons. The number of nitrogens with one attached hydrogen (secondary N) is 1. The summed E-state index contributed by atoms with van der Waals surface area (Å²) < 4.78 is 5.30. The fraction of sp³-hybridized carbons (Fsp3) is 0.562. The van der Waals surface area contributed by atoms with Crippen LogP contribution >= 0.6 is 0 Å². The Bertz CT molecular complexity index is 416. The first-order valence-corrected chi connectivity index (χ1v) is 7.34. The average Bonchev–Trinajstić information content (AvgIpc) is 2.53. The molecule has 1 aromatic carbocycles. The molecule has 1 fully saturated rings. The summed E-state index contributed by atoms with van der Waals surface area (Å²) in [5.41, 5.74) is 7.28. The van der Waals surface area contributed by atoms with Crippen molar-refractivity contribution in [3.8, 4) is 0 Å². The number of benzene rings is 1. The first kappa shape index (κ1) is 15.0. The second-order valence-corrected chi connectivity index (χ2v) is 5.53. The van der Waals surface area contributed by atoms with Crippen LogP contribution in [-0.4, -0.2) is 31.7 Å². The quantitative estimate of drug-likeness (QED) is 0.859. The maximum atomic E-state index is 12.1. The van der Waals surface area contributed by atoms with Crippen molar-refractivity contribution in [1.82, 2.24) is 5.32 Å². The molecule has 4 nitrogen and oxygen atoms in total. The standard InChI is InChI=1S/C16H24N2O2/c1-12(13-5-3-2-4-6-13)11-18-16(19)15(17)14-7-9-20-10-8-14/h2-6,12,14-15H,7-11,17H2,1H3,(H,18,19). The van der Waals surface area contributed by atoms with E-state index in [4.69, 9.17) is 10.5 Å². The van der Waals surface area contributed by atoms with Gasteiger partial charge in [-0.3, -0.25) is 4.79 Å². The molecule has 2 rings (SSSR count). The molecule has 3 N–H and O–H groups in total. The van der Waals surface area contributed by atoms with Gasteiger partial charge in [-0.05, 0) is 30.2 Å². The van der Waals surface area contributed by atoms with Gasteiger partial charge < -0.3 is 15.8 Å². The van der Waals surface area contributed by atoms with Gasteiger partial charge in [0, 0.05) is 19.8 Å². The molecule has 4 heteroatoms. The van der Waals surface area contributed by atoms with Crippen LogP contribution in [0.2, 0.25) is 0 Å². The second-order valence-electron chi connectivity index (χ2n) is 5.53. The van der Waals surface area contributed by atoms with Crippen LogP contribution in [0.5, 0.6) is 0 Å². The van der Waals surface area contributed by atoms with Gasteiger partial charge >= 0.3 is 0 Å². The highest BCUT2D eigenvalue weighted by Crippen LogP contribution is 2.18. The molecule has 0 aliphatic carbocycles. The smallest absolute Gasteiger partial charge is 0.237 e. The van der Waals surface area contributed by atoms with Crippen LogP contribution in [0.4, 0.5) is 0 Å². The Morgan fingerprint density at radius 2 is 2.00 bits per heavy atom.